The molecule has 7 heteroatoms. The van der Waals surface area contributed by atoms with Crippen molar-refractivity contribution in [3.8, 4) is 0 Å². The molecule has 24 heavy (non-hydrogen) atoms. The lowest BCUT2D eigenvalue weighted by atomic mass is 9.99. The van der Waals surface area contributed by atoms with Crippen LogP contribution in [0.5, 0.6) is 0 Å². The van der Waals surface area contributed by atoms with E-state index in [0.717, 1.165) is 71.0 Å². The molecule has 2 rings (SSSR count). The molecule has 2 aliphatic rings. The topological polar surface area (TPSA) is 48.9 Å². The number of likely N-dealkylation sites (tertiary alicyclic amines) is 1. The van der Waals surface area contributed by atoms with Crippen molar-refractivity contribution < 1.29 is 4.74 Å². The van der Waals surface area contributed by atoms with Gasteiger partial charge in [0, 0.05) is 57.2 Å². The van der Waals surface area contributed by atoms with Crippen LogP contribution in [0.25, 0.3) is 0 Å². The molecule has 0 amide bonds. The molecule has 2 saturated heterocycles. The highest BCUT2D eigenvalue weighted by Crippen LogP contribution is 2.32. The average molecular weight is 468 g/mol. The third-order valence-corrected chi connectivity index (χ3v) is 6.37. The van der Waals surface area contributed by atoms with Crippen LogP contribution < -0.4 is 10.6 Å². The van der Waals surface area contributed by atoms with Crippen molar-refractivity contribution in [2.45, 2.75) is 36.5 Å². The Balaban J connectivity index is 0.00000288. The van der Waals surface area contributed by atoms with E-state index in [1.165, 1.54) is 0 Å². The second-order valence-electron chi connectivity index (χ2n) is 6.43. The van der Waals surface area contributed by atoms with E-state index in [0.29, 0.717) is 6.04 Å². The van der Waals surface area contributed by atoms with Crippen LogP contribution >= 0.6 is 35.7 Å². The van der Waals surface area contributed by atoms with E-state index in [-0.39, 0.29) is 28.7 Å². The predicted molar refractivity (Wildman–Crippen MR) is 116 cm³/mol. The van der Waals surface area contributed by atoms with Crippen LogP contribution in [0.3, 0.4) is 0 Å². The van der Waals surface area contributed by atoms with Gasteiger partial charge in [0.1, 0.15) is 0 Å². The number of ether oxygens (including phenoxy) is 1. The van der Waals surface area contributed by atoms with E-state index >= 15 is 0 Å². The van der Waals surface area contributed by atoms with E-state index in [9.17, 15) is 0 Å². The van der Waals surface area contributed by atoms with Crippen molar-refractivity contribution in [3.63, 3.8) is 0 Å². The van der Waals surface area contributed by atoms with E-state index in [4.69, 9.17) is 4.74 Å². The van der Waals surface area contributed by atoms with Gasteiger partial charge >= 0.3 is 0 Å². The van der Waals surface area contributed by atoms with Gasteiger partial charge in [-0.3, -0.25) is 9.89 Å². The molecule has 140 valence electrons. The maximum Gasteiger partial charge on any atom is 0.191 e. The molecule has 0 radical (unpaired) electrons. The number of piperidine rings is 1. The minimum atomic E-state index is 0. The first-order chi connectivity index (χ1) is 11.2. The first kappa shape index (κ1) is 22.1. The number of guanidine groups is 1. The van der Waals surface area contributed by atoms with Crippen LogP contribution in [-0.4, -0.2) is 74.3 Å². The van der Waals surface area contributed by atoms with Crippen molar-refractivity contribution in [1.82, 2.24) is 15.5 Å². The second kappa shape index (κ2) is 11.6. The molecule has 2 N–H and O–H groups in total. The van der Waals surface area contributed by atoms with E-state index in [1.807, 2.05) is 24.9 Å². The first-order valence-corrected chi connectivity index (χ1v) is 9.87. The van der Waals surface area contributed by atoms with Gasteiger partial charge < -0.3 is 15.4 Å². The Morgan fingerprint density at radius 2 is 2.04 bits per heavy atom. The summed E-state index contributed by atoms with van der Waals surface area (Å²) < 4.78 is 5.79. The SMILES string of the molecule is C=CCN1CCC(NC(=NC)NCC2(SC)CCOCC2)CC1.I. The summed E-state index contributed by atoms with van der Waals surface area (Å²) in [5.74, 6) is 0.937. The minimum Gasteiger partial charge on any atom is -0.381 e. The van der Waals surface area contributed by atoms with E-state index in [1.54, 1.807) is 0 Å². The van der Waals surface area contributed by atoms with E-state index < -0.39 is 0 Å². The average Bonchev–Trinajstić information content (AvgIpc) is 2.61. The molecule has 0 unspecified atom stereocenters. The van der Waals surface area contributed by atoms with Gasteiger partial charge in [0.25, 0.3) is 0 Å². The molecule has 0 aromatic rings. The lowest BCUT2D eigenvalue weighted by molar-refractivity contribution is 0.0782. The largest absolute Gasteiger partial charge is 0.381 e. The molecule has 2 heterocycles. The van der Waals surface area contributed by atoms with Crippen molar-refractivity contribution in [1.29, 1.82) is 0 Å². The third kappa shape index (κ3) is 6.72. The predicted octanol–water partition coefficient (Wildman–Crippen LogP) is 2.33. The molecule has 0 spiro atoms. The van der Waals surface area contributed by atoms with Crippen LogP contribution in [0.4, 0.5) is 0 Å². The number of nitrogens with one attached hydrogen (secondary N) is 2. The van der Waals surface area contributed by atoms with Gasteiger partial charge in [-0.05, 0) is 31.9 Å². The maximum atomic E-state index is 5.51. The summed E-state index contributed by atoms with van der Waals surface area (Å²) in [5.41, 5.74) is 0. The molecule has 0 bridgehead atoms. The van der Waals surface area contributed by atoms with Gasteiger partial charge in [0.15, 0.2) is 5.96 Å². The van der Waals surface area contributed by atoms with Crippen LogP contribution in [0.1, 0.15) is 25.7 Å². The number of aliphatic imine (C=N–C) groups is 1. The smallest absolute Gasteiger partial charge is 0.191 e. The summed E-state index contributed by atoms with van der Waals surface area (Å²) in [5, 5.41) is 7.14. The maximum absolute atomic E-state index is 5.51. The van der Waals surface area contributed by atoms with Crippen LogP contribution in [-0.2, 0) is 4.74 Å². The quantitative estimate of drug-likeness (QED) is 0.271. The van der Waals surface area contributed by atoms with Gasteiger partial charge in [-0.2, -0.15) is 11.8 Å². The summed E-state index contributed by atoms with van der Waals surface area (Å²) in [7, 11) is 1.86. The Morgan fingerprint density at radius 3 is 2.58 bits per heavy atom. The molecule has 0 aromatic heterocycles. The van der Waals surface area contributed by atoms with Crippen LogP contribution in [0.15, 0.2) is 17.6 Å². The molecular formula is C17H33IN4OS. The zero-order valence-electron chi connectivity index (χ0n) is 15.1. The molecule has 5 nitrogen and oxygen atoms in total. The fourth-order valence-electron chi connectivity index (χ4n) is 3.27. The molecule has 0 atom stereocenters. The highest BCUT2D eigenvalue weighted by molar-refractivity contribution is 14.0. The normalized spacial score (nSPS) is 22.5. The Kier molecular flexibility index (Phi) is 10.7. The van der Waals surface area contributed by atoms with Crippen molar-refractivity contribution in [2.75, 3.05) is 52.7 Å². The molecule has 0 aromatic carbocycles. The zero-order chi connectivity index (χ0) is 16.5. The van der Waals surface area contributed by atoms with Crippen LogP contribution in [0, 0.1) is 0 Å². The molecular weight excluding hydrogens is 435 g/mol. The Labute approximate surface area is 168 Å². The molecule has 0 aliphatic carbocycles. The lowest BCUT2D eigenvalue weighted by Crippen LogP contribution is -2.52. The highest BCUT2D eigenvalue weighted by atomic mass is 127. The highest BCUT2D eigenvalue weighted by Gasteiger charge is 2.32. The summed E-state index contributed by atoms with van der Waals surface area (Å²) >= 11 is 1.96. The number of halogens is 1. The number of nitrogens with zero attached hydrogens (tertiary/aromatic N) is 2. The number of hydrogen-bond donors (Lipinski definition) is 2. The number of hydrogen-bond acceptors (Lipinski definition) is 4. The lowest BCUT2D eigenvalue weighted by Gasteiger charge is -2.37. The standard InChI is InChI=1S/C17H32N4OS.HI/c1-4-9-21-10-5-15(6-11-21)20-16(18-2)19-14-17(23-3)7-12-22-13-8-17;/h4,15H,1,5-14H2,2-3H3,(H2,18,19,20);1H. The summed E-state index contributed by atoms with van der Waals surface area (Å²) in [6, 6.07) is 0.516. The van der Waals surface area contributed by atoms with Gasteiger partial charge in [-0.15, -0.1) is 30.6 Å². The number of thioether (sulfide) groups is 1. The summed E-state index contributed by atoms with van der Waals surface area (Å²) in [6.45, 7) is 9.78. The van der Waals surface area contributed by atoms with Gasteiger partial charge in [0.05, 0.1) is 0 Å². The molecule has 2 fully saturated rings. The monoisotopic (exact) mass is 468 g/mol. The molecule has 2 aliphatic heterocycles. The van der Waals surface area contributed by atoms with Gasteiger partial charge in [-0.1, -0.05) is 6.08 Å². The first-order valence-electron chi connectivity index (χ1n) is 8.65. The Hall–Kier alpha value is 0.01000. The van der Waals surface area contributed by atoms with Gasteiger partial charge in [0.2, 0.25) is 0 Å². The third-order valence-electron chi connectivity index (χ3n) is 4.95. The fourth-order valence-corrected chi connectivity index (χ4v) is 4.06. The minimum absolute atomic E-state index is 0. The van der Waals surface area contributed by atoms with Crippen molar-refractivity contribution >= 4 is 41.7 Å². The summed E-state index contributed by atoms with van der Waals surface area (Å²) in [6.07, 6.45) is 8.74. The van der Waals surface area contributed by atoms with Crippen molar-refractivity contribution in [3.05, 3.63) is 12.7 Å². The Bertz CT molecular complexity index is 394. The second-order valence-corrected chi connectivity index (χ2v) is 7.71. The Morgan fingerprint density at radius 1 is 1.38 bits per heavy atom. The van der Waals surface area contributed by atoms with Crippen molar-refractivity contribution in [2.24, 2.45) is 4.99 Å². The zero-order valence-corrected chi connectivity index (χ0v) is 18.2. The van der Waals surface area contributed by atoms with Crippen LogP contribution in [0.2, 0.25) is 0 Å². The fraction of sp³-hybridized carbons (Fsp3) is 0.824. The summed E-state index contributed by atoms with van der Waals surface area (Å²) in [4.78, 5) is 6.86. The molecule has 0 saturated carbocycles. The van der Waals surface area contributed by atoms with Gasteiger partial charge in [-0.25, -0.2) is 0 Å². The number of rotatable bonds is 6. The van der Waals surface area contributed by atoms with E-state index in [2.05, 4.69) is 33.4 Å².